The Balaban J connectivity index is 1.75. The molecule has 0 aromatic heterocycles. The zero-order valence-corrected chi connectivity index (χ0v) is 15.9. The molecule has 1 aromatic carbocycles. The number of benzene rings is 1. The van der Waals surface area contributed by atoms with Crippen LogP contribution in [0.4, 0.5) is 0 Å². The summed E-state index contributed by atoms with van der Waals surface area (Å²) >= 11 is 0. The van der Waals surface area contributed by atoms with E-state index in [0.29, 0.717) is 24.0 Å². The Labute approximate surface area is 151 Å². The van der Waals surface area contributed by atoms with Crippen molar-refractivity contribution in [3.05, 3.63) is 30.3 Å². The summed E-state index contributed by atoms with van der Waals surface area (Å²) < 4.78 is 34.1. The SMILES string of the molecule is COCCC1(NS(=O)(=O)c2ccccc2)CCN(C2CCCCC2)C1. The standard InChI is InChI=1S/C19H30N2O3S/c1-24-15-13-19(20-25(22,23)18-10-6-3-7-11-18)12-14-21(16-19)17-8-4-2-5-9-17/h3,6-7,10-11,17,20H,2,4-5,8-9,12-16H2,1H3. The number of methoxy groups -OCH3 is 1. The maximum absolute atomic E-state index is 12.9. The minimum atomic E-state index is -3.52. The van der Waals surface area contributed by atoms with Crippen LogP contribution in [0, 0.1) is 0 Å². The van der Waals surface area contributed by atoms with E-state index >= 15 is 0 Å². The molecule has 1 unspecified atom stereocenters. The molecule has 1 saturated heterocycles. The van der Waals surface area contributed by atoms with E-state index in [1.165, 1.54) is 32.1 Å². The number of likely N-dealkylation sites (tertiary alicyclic amines) is 1. The second kappa shape index (κ2) is 8.16. The molecule has 0 radical (unpaired) electrons. The molecule has 0 spiro atoms. The molecule has 2 fully saturated rings. The summed E-state index contributed by atoms with van der Waals surface area (Å²) in [5, 5.41) is 0. The summed E-state index contributed by atoms with van der Waals surface area (Å²) in [4.78, 5) is 2.84. The largest absolute Gasteiger partial charge is 0.385 e. The molecule has 1 saturated carbocycles. The van der Waals surface area contributed by atoms with Crippen LogP contribution >= 0.6 is 0 Å². The normalized spacial score (nSPS) is 26.1. The quantitative estimate of drug-likeness (QED) is 0.806. The van der Waals surface area contributed by atoms with Gasteiger partial charge in [0, 0.05) is 38.4 Å². The first-order chi connectivity index (χ1) is 12.0. The third-order valence-electron chi connectivity index (χ3n) is 5.66. The second-order valence-electron chi connectivity index (χ2n) is 7.45. The first-order valence-corrected chi connectivity index (χ1v) is 10.9. The van der Waals surface area contributed by atoms with Crippen LogP contribution in [0.5, 0.6) is 0 Å². The highest BCUT2D eigenvalue weighted by molar-refractivity contribution is 7.89. The Bertz CT molecular complexity index is 644. The van der Waals surface area contributed by atoms with Crippen molar-refractivity contribution < 1.29 is 13.2 Å². The molecule has 0 bridgehead atoms. The third kappa shape index (κ3) is 4.61. The van der Waals surface area contributed by atoms with Crippen molar-refractivity contribution >= 4 is 10.0 Å². The average molecular weight is 367 g/mol. The van der Waals surface area contributed by atoms with E-state index < -0.39 is 15.6 Å². The Kier molecular flexibility index (Phi) is 6.15. The maximum Gasteiger partial charge on any atom is 0.241 e. The minimum absolute atomic E-state index is 0.336. The lowest BCUT2D eigenvalue weighted by Crippen LogP contribution is -2.52. The van der Waals surface area contributed by atoms with E-state index in [4.69, 9.17) is 4.74 Å². The number of rotatable bonds is 7. The predicted octanol–water partition coefficient (Wildman–Crippen LogP) is 2.78. The van der Waals surface area contributed by atoms with Crippen LogP contribution in [-0.2, 0) is 14.8 Å². The first kappa shape index (κ1) is 18.8. The fourth-order valence-electron chi connectivity index (χ4n) is 4.24. The van der Waals surface area contributed by atoms with Crippen LogP contribution in [0.3, 0.4) is 0 Å². The summed E-state index contributed by atoms with van der Waals surface area (Å²) in [5.74, 6) is 0. The summed E-state index contributed by atoms with van der Waals surface area (Å²) in [6, 6.07) is 9.28. The molecule has 0 amide bonds. The molecule has 1 aliphatic heterocycles. The molecular formula is C19H30N2O3S. The summed E-state index contributed by atoms with van der Waals surface area (Å²) in [6.45, 7) is 2.31. The van der Waals surface area contributed by atoms with Crippen molar-refractivity contribution in [1.29, 1.82) is 0 Å². The van der Waals surface area contributed by atoms with Gasteiger partial charge in [-0.2, -0.15) is 0 Å². The highest BCUT2D eigenvalue weighted by atomic mass is 32.2. The van der Waals surface area contributed by atoms with Crippen LogP contribution in [0.2, 0.25) is 0 Å². The van der Waals surface area contributed by atoms with Crippen molar-refractivity contribution in [2.75, 3.05) is 26.8 Å². The van der Waals surface area contributed by atoms with Crippen LogP contribution in [0.25, 0.3) is 0 Å². The molecule has 1 aromatic rings. The molecular weight excluding hydrogens is 336 g/mol. The monoisotopic (exact) mass is 366 g/mol. The van der Waals surface area contributed by atoms with E-state index in [-0.39, 0.29) is 0 Å². The average Bonchev–Trinajstić information content (AvgIpc) is 3.05. The fraction of sp³-hybridized carbons (Fsp3) is 0.684. The van der Waals surface area contributed by atoms with Crippen molar-refractivity contribution in [2.24, 2.45) is 0 Å². The Morgan fingerprint density at radius 2 is 1.92 bits per heavy atom. The van der Waals surface area contributed by atoms with Crippen LogP contribution in [0.15, 0.2) is 35.2 Å². The lowest BCUT2D eigenvalue weighted by atomic mass is 9.93. The van der Waals surface area contributed by atoms with E-state index in [9.17, 15) is 8.42 Å². The summed E-state index contributed by atoms with van der Waals surface area (Å²) in [5.41, 5.74) is -0.428. The molecule has 2 aliphatic rings. The number of nitrogens with zero attached hydrogens (tertiary/aromatic N) is 1. The van der Waals surface area contributed by atoms with Gasteiger partial charge in [0.1, 0.15) is 0 Å². The van der Waals surface area contributed by atoms with Gasteiger partial charge in [-0.3, -0.25) is 4.90 Å². The van der Waals surface area contributed by atoms with Gasteiger partial charge in [-0.25, -0.2) is 13.1 Å². The van der Waals surface area contributed by atoms with Gasteiger partial charge in [0.25, 0.3) is 0 Å². The van der Waals surface area contributed by atoms with Crippen LogP contribution in [-0.4, -0.2) is 51.7 Å². The molecule has 3 rings (SSSR count). The number of hydrogen-bond acceptors (Lipinski definition) is 4. The Morgan fingerprint density at radius 3 is 2.60 bits per heavy atom. The van der Waals surface area contributed by atoms with Gasteiger partial charge < -0.3 is 4.74 Å². The zero-order valence-electron chi connectivity index (χ0n) is 15.1. The Morgan fingerprint density at radius 1 is 1.20 bits per heavy atom. The number of sulfonamides is 1. The van der Waals surface area contributed by atoms with E-state index in [1.807, 2.05) is 6.07 Å². The second-order valence-corrected chi connectivity index (χ2v) is 9.14. The lowest BCUT2D eigenvalue weighted by Gasteiger charge is -2.34. The molecule has 140 valence electrons. The molecule has 1 atom stereocenters. The van der Waals surface area contributed by atoms with Gasteiger partial charge in [-0.15, -0.1) is 0 Å². The van der Waals surface area contributed by atoms with Crippen molar-refractivity contribution in [3.63, 3.8) is 0 Å². The molecule has 25 heavy (non-hydrogen) atoms. The van der Waals surface area contributed by atoms with Gasteiger partial charge in [-0.05, 0) is 37.8 Å². The van der Waals surface area contributed by atoms with Gasteiger partial charge in [0.2, 0.25) is 10.0 Å². The van der Waals surface area contributed by atoms with E-state index in [2.05, 4.69) is 9.62 Å². The van der Waals surface area contributed by atoms with Crippen LogP contribution in [0.1, 0.15) is 44.9 Å². The topological polar surface area (TPSA) is 58.6 Å². The molecule has 5 nitrogen and oxygen atoms in total. The molecule has 1 N–H and O–H groups in total. The first-order valence-electron chi connectivity index (χ1n) is 9.37. The fourth-order valence-corrected chi connectivity index (χ4v) is 5.71. The smallest absolute Gasteiger partial charge is 0.241 e. The van der Waals surface area contributed by atoms with Crippen LogP contribution < -0.4 is 4.72 Å². The molecule has 1 aliphatic carbocycles. The van der Waals surface area contributed by atoms with E-state index in [0.717, 1.165) is 19.5 Å². The highest BCUT2D eigenvalue weighted by Crippen LogP contribution is 2.32. The van der Waals surface area contributed by atoms with Gasteiger partial charge in [0.15, 0.2) is 0 Å². The minimum Gasteiger partial charge on any atom is -0.385 e. The number of hydrogen-bond donors (Lipinski definition) is 1. The molecule has 6 heteroatoms. The number of nitrogens with one attached hydrogen (secondary N) is 1. The van der Waals surface area contributed by atoms with Crippen molar-refractivity contribution in [3.8, 4) is 0 Å². The summed E-state index contributed by atoms with van der Waals surface area (Å²) in [7, 11) is -1.85. The summed E-state index contributed by atoms with van der Waals surface area (Å²) in [6.07, 6.45) is 7.96. The lowest BCUT2D eigenvalue weighted by molar-refractivity contribution is 0.147. The predicted molar refractivity (Wildman–Crippen MR) is 99.1 cm³/mol. The zero-order chi connectivity index (χ0) is 17.8. The van der Waals surface area contributed by atoms with Gasteiger partial charge in [0.05, 0.1) is 4.90 Å². The third-order valence-corrected chi connectivity index (χ3v) is 7.26. The Hall–Kier alpha value is -0.950. The maximum atomic E-state index is 12.9. The van der Waals surface area contributed by atoms with E-state index in [1.54, 1.807) is 31.4 Å². The molecule has 1 heterocycles. The van der Waals surface area contributed by atoms with Crippen molar-refractivity contribution in [1.82, 2.24) is 9.62 Å². The van der Waals surface area contributed by atoms with Gasteiger partial charge >= 0.3 is 0 Å². The highest BCUT2D eigenvalue weighted by Gasteiger charge is 2.43. The van der Waals surface area contributed by atoms with Crippen molar-refractivity contribution in [2.45, 2.75) is 61.4 Å². The van der Waals surface area contributed by atoms with Gasteiger partial charge in [-0.1, -0.05) is 37.5 Å². The number of ether oxygens (including phenoxy) is 1.